The molecule has 2 aliphatic carbocycles. The number of nitrogens with zero attached hydrogens (tertiary/aromatic N) is 1. The molecule has 1 heterocycles. The highest BCUT2D eigenvalue weighted by atomic mass is 35.5. The number of carbonyl (C=O) groups excluding carboxylic acids is 2. The summed E-state index contributed by atoms with van der Waals surface area (Å²) in [7, 11) is 0. The van der Waals surface area contributed by atoms with Gasteiger partial charge in [0.15, 0.2) is 5.13 Å². The van der Waals surface area contributed by atoms with Crippen LogP contribution in [-0.4, -0.2) is 22.8 Å². The molecular weight excluding hydrogens is 456 g/mol. The summed E-state index contributed by atoms with van der Waals surface area (Å²) < 4.78 is 0. The maximum atomic E-state index is 12.8. The van der Waals surface area contributed by atoms with E-state index in [0.29, 0.717) is 38.2 Å². The van der Waals surface area contributed by atoms with Crippen molar-refractivity contribution >= 4 is 51.3 Å². The molecule has 2 saturated carbocycles. The predicted molar refractivity (Wildman–Crippen MR) is 133 cm³/mol. The molecule has 8 heteroatoms. The van der Waals surface area contributed by atoms with Gasteiger partial charge in [0.1, 0.15) is 4.88 Å². The molecule has 5 rings (SSSR count). The maximum absolute atomic E-state index is 12.8. The number of aromatic nitrogens is 1. The molecule has 3 aromatic rings. The second kappa shape index (κ2) is 9.15. The van der Waals surface area contributed by atoms with E-state index in [1.54, 1.807) is 6.07 Å². The number of aryl methyl sites for hydroxylation is 1. The number of amides is 2. The van der Waals surface area contributed by atoms with E-state index in [-0.39, 0.29) is 11.8 Å². The summed E-state index contributed by atoms with van der Waals surface area (Å²) in [6, 6.07) is 13.1. The number of halogens is 1. The first-order valence-electron chi connectivity index (χ1n) is 11.2. The van der Waals surface area contributed by atoms with E-state index in [0.717, 1.165) is 23.6 Å². The third-order valence-corrected chi connectivity index (χ3v) is 7.85. The second-order valence-corrected chi connectivity index (χ2v) is 10.3. The van der Waals surface area contributed by atoms with E-state index >= 15 is 0 Å². The normalized spacial score (nSPS) is 21.1. The standard InChI is InChI=1S/C25H25ClN4O2S/c1-14-4-2-7-19(26)22(14)30-24(32)21-13-27-25(33-21)28-18-6-3-5-17(12-18)23(31)29-20-11-15-8-9-16(20)10-15/h2-7,12-13,15-16,20H,8-11H2,1H3,(H,27,28)(H,29,31)(H,30,32)/t15-,16?,20?/m1/s1. The lowest BCUT2D eigenvalue weighted by molar-refractivity contribution is 0.0922. The van der Waals surface area contributed by atoms with E-state index < -0.39 is 0 Å². The molecule has 6 nitrogen and oxygen atoms in total. The Morgan fingerprint density at radius 1 is 1.09 bits per heavy atom. The molecule has 0 spiro atoms. The van der Waals surface area contributed by atoms with Crippen LogP contribution in [0, 0.1) is 18.8 Å². The van der Waals surface area contributed by atoms with Crippen LogP contribution in [0.3, 0.4) is 0 Å². The van der Waals surface area contributed by atoms with Crippen LogP contribution in [0.5, 0.6) is 0 Å². The molecule has 0 saturated heterocycles. The number of fused-ring (bicyclic) bond motifs is 2. The molecule has 2 aliphatic rings. The third kappa shape index (κ3) is 4.75. The molecule has 33 heavy (non-hydrogen) atoms. The van der Waals surface area contributed by atoms with Gasteiger partial charge >= 0.3 is 0 Å². The fraction of sp³-hybridized carbons (Fsp3) is 0.320. The van der Waals surface area contributed by atoms with Crippen LogP contribution in [0.1, 0.15) is 51.3 Å². The van der Waals surface area contributed by atoms with Crippen LogP contribution < -0.4 is 16.0 Å². The second-order valence-electron chi connectivity index (χ2n) is 8.88. The largest absolute Gasteiger partial charge is 0.349 e. The Labute approximate surface area is 201 Å². The molecule has 3 N–H and O–H groups in total. The highest BCUT2D eigenvalue weighted by molar-refractivity contribution is 7.17. The van der Waals surface area contributed by atoms with E-state index in [2.05, 4.69) is 20.9 Å². The van der Waals surface area contributed by atoms with E-state index in [4.69, 9.17) is 11.6 Å². The molecule has 170 valence electrons. The molecule has 2 bridgehead atoms. The summed E-state index contributed by atoms with van der Waals surface area (Å²) in [4.78, 5) is 30.2. The van der Waals surface area contributed by atoms with Crippen molar-refractivity contribution in [3.05, 3.63) is 69.7 Å². The van der Waals surface area contributed by atoms with Crippen molar-refractivity contribution in [3.8, 4) is 0 Å². The number of thiazole rings is 1. The molecular formula is C25H25ClN4O2S. The van der Waals surface area contributed by atoms with Gasteiger partial charge in [-0.3, -0.25) is 9.59 Å². The lowest BCUT2D eigenvalue weighted by Crippen LogP contribution is -2.38. The van der Waals surface area contributed by atoms with Crippen LogP contribution in [-0.2, 0) is 0 Å². The van der Waals surface area contributed by atoms with Crippen molar-refractivity contribution < 1.29 is 9.59 Å². The van der Waals surface area contributed by atoms with Gasteiger partial charge < -0.3 is 16.0 Å². The fourth-order valence-corrected chi connectivity index (χ4v) is 5.94. The third-order valence-electron chi connectivity index (χ3n) is 6.62. The molecule has 2 amide bonds. The van der Waals surface area contributed by atoms with E-state index in [1.165, 1.54) is 36.8 Å². The first kappa shape index (κ1) is 21.9. The van der Waals surface area contributed by atoms with Gasteiger partial charge in [0.25, 0.3) is 11.8 Å². The number of para-hydroxylation sites is 1. The lowest BCUT2D eigenvalue weighted by Gasteiger charge is -2.23. The number of rotatable bonds is 6. The van der Waals surface area contributed by atoms with Gasteiger partial charge in [-0.1, -0.05) is 47.6 Å². The van der Waals surface area contributed by atoms with Crippen LogP contribution in [0.25, 0.3) is 0 Å². The topological polar surface area (TPSA) is 83.1 Å². The van der Waals surface area contributed by atoms with Crippen LogP contribution >= 0.6 is 22.9 Å². The molecule has 2 unspecified atom stereocenters. The van der Waals surface area contributed by atoms with Crippen LogP contribution in [0.15, 0.2) is 48.7 Å². The van der Waals surface area contributed by atoms with Crippen molar-refractivity contribution in [2.75, 3.05) is 10.6 Å². The number of nitrogens with one attached hydrogen (secondary N) is 3. The fourth-order valence-electron chi connectivity index (χ4n) is 4.94. The van der Waals surface area contributed by atoms with Gasteiger partial charge in [0.05, 0.1) is 16.9 Å². The summed E-state index contributed by atoms with van der Waals surface area (Å²) in [6.45, 7) is 1.89. The van der Waals surface area contributed by atoms with Gasteiger partial charge in [-0.2, -0.15) is 0 Å². The molecule has 1 aromatic heterocycles. The Morgan fingerprint density at radius 2 is 1.94 bits per heavy atom. The number of anilines is 3. The van der Waals surface area contributed by atoms with E-state index in [9.17, 15) is 9.59 Å². The van der Waals surface area contributed by atoms with Crippen molar-refractivity contribution in [3.63, 3.8) is 0 Å². The molecule has 2 fully saturated rings. The van der Waals surface area contributed by atoms with Gasteiger partial charge in [0, 0.05) is 17.3 Å². The molecule has 3 atom stereocenters. The number of benzene rings is 2. The highest BCUT2D eigenvalue weighted by Gasteiger charge is 2.40. The molecule has 0 aliphatic heterocycles. The monoisotopic (exact) mass is 480 g/mol. The minimum absolute atomic E-state index is 0.0366. The van der Waals surface area contributed by atoms with Crippen molar-refractivity contribution in [2.45, 2.75) is 38.6 Å². The zero-order valence-corrected chi connectivity index (χ0v) is 19.8. The smallest absolute Gasteiger partial charge is 0.267 e. The summed E-state index contributed by atoms with van der Waals surface area (Å²) in [5, 5.41) is 10.4. The van der Waals surface area contributed by atoms with E-state index in [1.807, 2.05) is 43.3 Å². The maximum Gasteiger partial charge on any atom is 0.267 e. The predicted octanol–water partition coefficient (Wildman–Crippen LogP) is 6.02. The Hall–Kier alpha value is -2.90. The Balaban J connectivity index is 1.23. The summed E-state index contributed by atoms with van der Waals surface area (Å²) in [6.07, 6.45) is 6.42. The Bertz CT molecular complexity index is 1190. The zero-order chi connectivity index (χ0) is 22.9. The molecule has 2 aromatic carbocycles. The first-order chi connectivity index (χ1) is 16.0. The highest BCUT2D eigenvalue weighted by Crippen LogP contribution is 2.44. The average Bonchev–Trinajstić information content (AvgIpc) is 3.54. The van der Waals surface area contributed by atoms with Gasteiger partial charge in [-0.15, -0.1) is 0 Å². The van der Waals surface area contributed by atoms with Crippen LogP contribution in [0.2, 0.25) is 5.02 Å². The van der Waals surface area contributed by atoms with Crippen molar-refractivity contribution in [1.82, 2.24) is 10.3 Å². The number of hydrogen-bond donors (Lipinski definition) is 3. The quantitative estimate of drug-likeness (QED) is 0.403. The lowest BCUT2D eigenvalue weighted by atomic mass is 9.95. The Morgan fingerprint density at radius 3 is 2.70 bits per heavy atom. The molecule has 0 radical (unpaired) electrons. The first-order valence-corrected chi connectivity index (χ1v) is 12.4. The van der Waals surface area contributed by atoms with Crippen molar-refractivity contribution in [1.29, 1.82) is 0 Å². The number of carbonyl (C=O) groups is 2. The summed E-state index contributed by atoms with van der Waals surface area (Å²) in [5.41, 5.74) is 2.85. The van der Waals surface area contributed by atoms with Crippen LogP contribution in [0.4, 0.5) is 16.5 Å². The van der Waals surface area contributed by atoms with Gasteiger partial charge in [-0.25, -0.2) is 4.98 Å². The van der Waals surface area contributed by atoms with Crippen molar-refractivity contribution in [2.24, 2.45) is 11.8 Å². The van der Waals surface area contributed by atoms with Gasteiger partial charge in [-0.05, 0) is 67.9 Å². The van der Waals surface area contributed by atoms with Gasteiger partial charge in [0.2, 0.25) is 0 Å². The minimum atomic E-state index is -0.268. The summed E-state index contributed by atoms with van der Waals surface area (Å²) >= 11 is 7.45. The summed E-state index contributed by atoms with van der Waals surface area (Å²) in [5.74, 6) is 1.11. The Kier molecular flexibility index (Phi) is 6.08. The average molecular weight is 481 g/mol. The zero-order valence-electron chi connectivity index (χ0n) is 18.2. The number of hydrogen-bond acceptors (Lipinski definition) is 5. The minimum Gasteiger partial charge on any atom is -0.349 e. The SMILES string of the molecule is Cc1cccc(Cl)c1NC(=O)c1cnc(Nc2cccc(C(=O)NC3C[C@@H]4CCC3C4)c2)s1.